The first kappa shape index (κ1) is 16.4. The number of rotatable bonds is 4. The molecule has 0 saturated carbocycles. The summed E-state index contributed by atoms with van der Waals surface area (Å²) >= 11 is 0. The van der Waals surface area contributed by atoms with Gasteiger partial charge in [0.15, 0.2) is 0 Å². The molecule has 7 nitrogen and oxygen atoms in total. The van der Waals surface area contributed by atoms with E-state index in [-0.39, 0.29) is 36.0 Å². The second-order valence-electron chi connectivity index (χ2n) is 5.73. The molecule has 2 atom stereocenters. The van der Waals surface area contributed by atoms with E-state index in [0.717, 1.165) is 0 Å². The average molecular weight is 307 g/mol. The number of carbonyl (C=O) groups is 1. The third-order valence-corrected chi connectivity index (χ3v) is 3.57. The van der Waals surface area contributed by atoms with Crippen molar-refractivity contribution in [1.29, 1.82) is 0 Å². The molecule has 1 N–H and O–H groups in total. The summed E-state index contributed by atoms with van der Waals surface area (Å²) < 4.78 is 5.62. The second-order valence-corrected chi connectivity index (χ2v) is 5.73. The molecule has 1 fully saturated rings. The van der Waals surface area contributed by atoms with E-state index in [4.69, 9.17) is 4.74 Å². The maximum atomic E-state index is 12.2. The van der Waals surface area contributed by atoms with Crippen LogP contribution in [0.5, 0.6) is 0 Å². The van der Waals surface area contributed by atoms with Crippen LogP contribution in [-0.4, -0.2) is 47.6 Å². The van der Waals surface area contributed by atoms with E-state index in [9.17, 15) is 14.9 Å². The predicted molar refractivity (Wildman–Crippen MR) is 82.9 cm³/mol. The molecule has 2 rings (SSSR count). The molecule has 1 saturated heterocycles. The number of aryl methyl sites for hydroxylation is 1. The van der Waals surface area contributed by atoms with Crippen LogP contribution in [0.2, 0.25) is 0 Å². The van der Waals surface area contributed by atoms with Crippen LogP contribution >= 0.6 is 0 Å². The van der Waals surface area contributed by atoms with E-state index < -0.39 is 4.92 Å². The number of nitrogens with zero attached hydrogens (tertiary/aromatic N) is 2. The van der Waals surface area contributed by atoms with Gasteiger partial charge >= 0.3 is 0 Å². The zero-order valence-electron chi connectivity index (χ0n) is 13.0. The van der Waals surface area contributed by atoms with Crippen LogP contribution in [0.15, 0.2) is 18.2 Å². The van der Waals surface area contributed by atoms with Crippen molar-refractivity contribution < 1.29 is 14.5 Å². The summed E-state index contributed by atoms with van der Waals surface area (Å²) in [4.78, 5) is 24.8. The van der Waals surface area contributed by atoms with E-state index in [1.807, 2.05) is 18.7 Å². The van der Waals surface area contributed by atoms with E-state index in [1.165, 1.54) is 6.07 Å². The van der Waals surface area contributed by atoms with Crippen molar-refractivity contribution >= 4 is 17.3 Å². The quantitative estimate of drug-likeness (QED) is 0.679. The minimum absolute atomic E-state index is 0.0735. The topological polar surface area (TPSA) is 84.7 Å². The summed E-state index contributed by atoms with van der Waals surface area (Å²) in [5.74, 6) is -0.251. The molecule has 0 bridgehead atoms. The zero-order valence-corrected chi connectivity index (χ0v) is 13.0. The lowest BCUT2D eigenvalue weighted by Crippen LogP contribution is -2.48. The highest BCUT2D eigenvalue weighted by atomic mass is 16.6. The maximum absolute atomic E-state index is 12.2. The number of benzene rings is 1. The fraction of sp³-hybridized carbons (Fsp3) is 0.533. The van der Waals surface area contributed by atoms with Crippen LogP contribution in [-0.2, 0) is 9.53 Å². The van der Waals surface area contributed by atoms with Gasteiger partial charge in [0.05, 0.1) is 23.7 Å². The second kappa shape index (κ2) is 6.85. The predicted octanol–water partition coefficient (Wildman–Crippen LogP) is 1.95. The van der Waals surface area contributed by atoms with Gasteiger partial charge in [-0.2, -0.15) is 0 Å². The van der Waals surface area contributed by atoms with Gasteiger partial charge in [0.1, 0.15) is 5.69 Å². The van der Waals surface area contributed by atoms with Crippen LogP contribution in [0.25, 0.3) is 0 Å². The Labute approximate surface area is 129 Å². The molecule has 0 radical (unpaired) electrons. The summed E-state index contributed by atoms with van der Waals surface area (Å²) in [6, 6.07) is 4.73. The van der Waals surface area contributed by atoms with Crippen LogP contribution in [0.4, 0.5) is 11.4 Å². The molecule has 1 heterocycles. The molecule has 1 amide bonds. The number of ether oxygens (including phenoxy) is 1. The number of nitro benzene ring substituents is 1. The maximum Gasteiger partial charge on any atom is 0.293 e. The van der Waals surface area contributed by atoms with Gasteiger partial charge in [-0.3, -0.25) is 19.8 Å². The molecule has 7 heteroatoms. The normalized spacial score (nSPS) is 22.3. The average Bonchev–Trinajstić information content (AvgIpc) is 2.39. The van der Waals surface area contributed by atoms with Crippen molar-refractivity contribution in [2.45, 2.75) is 33.0 Å². The Bertz CT molecular complexity index is 566. The van der Waals surface area contributed by atoms with Gasteiger partial charge in [-0.1, -0.05) is 12.1 Å². The highest BCUT2D eigenvalue weighted by molar-refractivity contribution is 5.95. The number of nitro groups is 1. The Morgan fingerprint density at radius 3 is 2.64 bits per heavy atom. The first-order valence-corrected chi connectivity index (χ1v) is 7.28. The lowest BCUT2D eigenvalue weighted by atomic mass is 10.1. The molecule has 1 aromatic carbocycles. The molecule has 0 aromatic heterocycles. The molecule has 0 aliphatic carbocycles. The van der Waals surface area contributed by atoms with E-state index in [0.29, 0.717) is 18.7 Å². The van der Waals surface area contributed by atoms with E-state index in [2.05, 4.69) is 5.32 Å². The number of amides is 1. The molecule has 22 heavy (non-hydrogen) atoms. The fourth-order valence-corrected chi connectivity index (χ4v) is 2.76. The van der Waals surface area contributed by atoms with Crippen LogP contribution in [0.3, 0.4) is 0 Å². The van der Waals surface area contributed by atoms with Crippen molar-refractivity contribution in [3.8, 4) is 0 Å². The summed E-state index contributed by atoms with van der Waals surface area (Å²) in [6.07, 6.45) is 0.147. The highest BCUT2D eigenvalue weighted by Gasteiger charge is 2.25. The number of nitrogens with one attached hydrogen (secondary N) is 1. The van der Waals surface area contributed by atoms with Crippen molar-refractivity contribution in [1.82, 2.24) is 4.90 Å². The fourth-order valence-electron chi connectivity index (χ4n) is 2.76. The number of morpholine rings is 1. The Kier molecular flexibility index (Phi) is 5.10. The SMILES string of the molecule is Cc1cccc([N+](=O)[O-])c1NC(=O)CN1C[C@@H](C)O[C@H](C)C1. The lowest BCUT2D eigenvalue weighted by Gasteiger charge is -2.34. The summed E-state index contributed by atoms with van der Waals surface area (Å²) in [5, 5.41) is 13.7. The molecule has 0 spiro atoms. The van der Waals surface area contributed by atoms with Gasteiger partial charge in [-0.25, -0.2) is 0 Å². The van der Waals surface area contributed by atoms with Gasteiger partial charge in [0.2, 0.25) is 5.91 Å². The zero-order chi connectivity index (χ0) is 16.3. The Balaban J connectivity index is 2.05. The van der Waals surface area contributed by atoms with Crippen molar-refractivity contribution in [3.63, 3.8) is 0 Å². The Morgan fingerprint density at radius 1 is 1.41 bits per heavy atom. The van der Waals surface area contributed by atoms with Gasteiger partial charge < -0.3 is 10.1 Å². The number of carbonyl (C=O) groups excluding carboxylic acids is 1. The molecular formula is C15H21N3O4. The number of hydrogen-bond donors (Lipinski definition) is 1. The molecule has 1 aliphatic rings. The standard InChI is InChI=1S/C15H21N3O4/c1-10-5-4-6-13(18(20)21)15(10)16-14(19)9-17-7-11(2)22-12(3)8-17/h4-6,11-12H,7-9H2,1-3H3,(H,16,19)/t11-,12-/m1/s1. The van der Waals surface area contributed by atoms with Crippen LogP contribution in [0.1, 0.15) is 19.4 Å². The summed E-state index contributed by atoms with van der Waals surface area (Å²) in [5.41, 5.74) is 0.857. The summed E-state index contributed by atoms with van der Waals surface area (Å²) in [7, 11) is 0. The van der Waals surface area contributed by atoms with Crippen molar-refractivity contribution in [2.24, 2.45) is 0 Å². The smallest absolute Gasteiger partial charge is 0.293 e. The van der Waals surface area contributed by atoms with E-state index in [1.54, 1.807) is 19.1 Å². The van der Waals surface area contributed by atoms with Gasteiger partial charge in [-0.15, -0.1) is 0 Å². The third-order valence-electron chi connectivity index (χ3n) is 3.57. The van der Waals surface area contributed by atoms with Gasteiger partial charge in [0.25, 0.3) is 5.69 Å². The molecule has 120 valence electrons. The Hall–Kier alpha value is -1.99. The highest BCUT2D eigenvalue weighted by Crippen LogP contribution is 2.27. The monoisotopic (exact) mass is 307 g/mol. The first-order chi connectivity index (χ1) is 10.4. The molecular weight excluding hydrogens is 286 g/mol. The van der Waals surface area contributed by atoms with Gasteiger partial charge in [0, 0.05) is 19.2 Å². The molecule has 0 unspecified atom stereocenters. The lowest BCUT2D eigenvalue weighted by molar-refractivity contribution is -0.384. The van der Waals surface area contributed by atoms with Gasteiger partial charge in [-0.05, 0) is 26.3 Å². The Morgan fingerprint density at radius 2 is 2.05 bits per heavy atom. The van der Waals surface area contributed by atoms with Crippen molar-refractivity contribution in [2.75, 3.05) is 25.0 Å². The third kappa shape index (κ3) is 4.02. The number of anilines is 1. The number of hydrogen-bond acceptors (Lipinski definition) is 5. The van der Waals surface area contributed by atoms with Crippen LogP contribution < -0.4 is 5.32 Å². The minimum atomic E-state index is -0.485. The van der Waals surface area contributed by atoms with E-state index >= 15 is 0 Å². The first-order valence-electron chi connectivity index (χ1n) is 7.28. The number of para-hydroxylation sites is 1. The largest absolute Gasteiger partial charge is 0.373 e. The molecule has 1 aromatic rings. The summed E-state index contributed by atoms with van der Waals surface area (Å²) in [6.45, 7) is 7.21. The van der Waals surface area contributed by atoms with Crippen LogP contribution in [0, 0.1) is 17.0 Å². The van der Waals surface area contributed by atoms with Crippen molar-refractivity contribution in [3.05, 3.63) is 33.9 Å². The minimum Gasteiger partial charge on any atom is -0.373 e. The molecule has 1 aliphatic heterocycles.